The van der Waals surface area contributed by atoms with E-state index in [1.807, 2.05) is 0 Å². The Morgan fingerprint density at radius 3 is 2.57 bits per heavy atom. The van der Waals surface area contributed by atoms with Crippen molar-refractivity contribution in [3.63, 3.8) is 0 Å². The number of likely N-dealkylation sites (tertiary alicyclic amines) is 1. The first-order chi connectivity index (χ1) is 9.90. The van der Waals surface area contributed by atoms with Gasteiger partial charge in [0.25, 0.3) is 0 Å². The second-order valence-corrected chi connectivity index (χ2v) is 5.37. The van der Waals surface area contributed by atoms with Gasteiger partial charge in [0.2, 0.25) is 0 Å². The minimum Gasteiger partial charge on any atom is -0.497 e. The van der Waals surface area contributed by atoms with Crippen molar-refractivity contribution >= 4 is 23.0 Å². The SMILES string of the molecule is COc1ccc(NC(=S)N2CCCC(C(F)(F)F)C2)cc1. The number of alkyl halides is 3. The highest BCUT2D eigenvalue weighted by atomic mass is 32.1. The Morgan fingerprint density at radius 1 is 1.33 bits per heavy atom. The molecule has 7 heteroatoms. The lowest BCUT2D eigenvalue weighted by molar-refractivity contribution is -0.183. The maximum Gasteiger partial charge on any atom is 0.393 e. The van der Waals surface area contributed by atoms with Gasteiger partial charge in [0.15, 0.2) is 5.11 Å². The van der Waals surface area contributed by atoms with E-state index in [1.54, 1.807) is 36.3 Å². The largest absolute Gasteiger partial charge is 0.497 e. The Morgan fingerprint density at radius 2 is 2.00 bits per heavy atom. The Hall–Kier alpha value is -1.50. The molecule has 1 aliphatic heterocycles. The lowest BCUT2D eigenvalue weighted by Crippen LogP contribution is -2.46. The number of halogens is 3. The average Bonchev–Trinajstić information content (AvgIpc) is 2.47. The zero-order chi connectivity index (χ0) is 15.5. The molecular weight excluding hydrogens is 301 g/mol. The molecule has 0 bridgehead atoms. The molecular formula is C14H17F3N2OS. The predicted octanol–water partition coefficient (Wildman–Crippen LogP) is 3.67. The number of piperidine rings is 1. The third-order valence-electron chi connectivity index (χ3n) is 3.51. The molecule has 0 amide bonds. The average molecular weight is 318 g/mol. The van der Waals surface area contributed by atoms with E-state index in [2.05, 4.69) is 5.32 Å². The van der Waals surface area contributed by atoms with Crippen LogP contribution in [0.5, 0.6) is 5.75 Å². The van der Waals surface area contributed by atoms with Crippen molar-refractivity contribution in [1.82, 2.24) is 4.90 Å². The van der Waals surface area contributed by atoms with E-state index >= 15 is 0 Å². The molecule has 1 unspecified atom stereocenters. The van der Waals surface area contributed by atoms with Crippen LogP contribution < -0.4 is 10.1 Å². The zero-order valence-electron chi connectivity index (χ0n) is 11.6. The molecule has 1 atom stereocenters. The fourth-order valence-electron chi connectivity index (χ4n) is 2.31. The highest BCUT2D eigenvalue weighted by molar-refractivity contribution is 7.80. The molecule has 1 N–H and O–H groups in total. The van der Waals surface area contributed by atoms with Crippen LogP contribution in [-0.2, 0) is 0 Å². The van der Waals surface area contributed by atoms with Crippen LogP contribution in [0, 0.1) is 5.92 Å². The van der Waals surface area contributed by atoms with Crippen LogP contribution >= 0.6 is 12.2 Å². The van der Waals surface area contributed by atoms with Crippen LogP contribution in [0.4, 0.5) is 18.9 Å². The molecule has 0 aromatic heterocycles. The number of methoxy groups -OCH3 is 1. The van der Waals surface area contributed by atoms with Gasteiger partial charge in [-0.1, -0.05) is 0 Å². The van der Waals surface area contributed by atoms with E-state index in [4.69, 9.17) is 17.0 Å². The quantitative estimate of drug-likeness (QED) is 0.841. The molecule has 116 valence electrons. The number of anilines is 1. The van der Waals surface area contributed by atoms with Gasteiger partial charge in [0.05, 0.1) is 13.0 Å². The number of hydrogen-bond donors (Lipinski definition) is 1. The maximum atomic E-state index is 12.8. The summed E-state index contributed by atoms with van der Waals surface area (Å²) in [4.78, 5) is 1.58. The first kappa shape index (κ1) is 15.9. The predicted molar refractivity (Wildman–Crippen MR) is 79.6 cm³/mol. The molecule has 1 heterocycles. The third kappa shape index (κ3) is 4.23. The van der Waals surface area contributed by atoms with Crippen molar-refractivity contribution in [2.45, 2.75) is 19.0 Å². The number of nitrogens with one attached hydrogen (secondary N) is 1. The highest BCUT2D eigenvalue weighted by Crippen LogP contribution is 2.33. The van der Waals surface area contributed by atoms with Crippen LogP contribution in [0.2, 0.25) is 0 Å². The lowest BCUT2D eigenvalue weighted by Gasteiger charge is -2.35. The molecule has 1 aromatic rings. The summed E-state index contributed by atoms with van der Waals surface area (Å²) >= 11 is 5.21. The van der Waals surface area contributed by atoms with E-state index in [0.29, 0.717) is 23.8 Å². The highest BCUT2D eigenvalue weighted by Gasteiger charge is 2.42. The van der Waals surface area contributed by atoms with Crippen molar-refractivity contribution < 1.29 is 17.9 Å². The summed E-state index contributed by atoms with van der Waals surface area (Å²) in [6, 6.07) is 7.08. The number of hydrogen-bond acceptors (Lipinski definition) is 2. The number of ether oxygens (including phenoxy) is 1. The third-order valence-corrected chi connectivity index (χ3v) is 3.87. The van der Waals surface area contributed by atoms with Gasteiger partial charge in [0.1, 0.15) is 5.75 Å². The van der Waals surface area contributed by atoms with Gasteiger partial charge < -0.3 is 15.0 Å². The van der Waals surface area contributed by atoms with Crippen molar-refractivity contribution in [3.8, 4) is 5.75 Å². The van der Waals surface area contributed by atoms with Gasteiger partial charge >= 0.3 is 6.18 Å². The van der Waals surface area contributed by atoms with Crippen LogP contribution in [0.25, 0.3) is 0 Å². The Labute approximate surface area is 127 Å². The van der Waals surface area contributed by atoms with E-state index in [0.717, 1.165) is 5.69 Å². The molecule has 1 aliphatic rings. The van der Waals surface area contributed by atoms with Gasteiger partial charge in [-0.2, -0.15) is 13.2 Å². The molecule has 0 radical (unpaired) electrons. The Balaban J connectivity index is 1.96. The number of rotatable bonds is 2. The van der Waals surface area contributed by atoms with Gasteiger partial charge in [-0.3, -0.25) is 0 Å². The lowest BCUT2D eigenvalue weighted by atomic mass is 9.98. The van der Waals surface area contributed by atoms with Crippen molar-refractivity contribution in [2.75, 3.05) is 25.5 Å². The van der Waals surface area contributed by atoms with E-state index < -0.39 is 12.1 Å². The summed E-state index contributed by atoms with van der Waals surface area (Å²) in [6.45, 7) is 0.472. The van der Waals surface area contributed by atoms with Gasteiger partial charge in [-0.05, 0) is 49.3 Å². The van der Waals surface area contributed by atoms with Crippen molar-refractivity contribution in [3.05, 3.63) is 24.3 Å². The molecule has 1 saturated heterocycles. The van der Waals surface area contributed by atoms with E-state index in [-0.39, 0.29) is 13.0 Å². The molecule has 1 aromatic carbocycles. The first-order valence-corrected chi connectivity index (χ1v) is 7.07. The van der Waals surface area contributed by atoms with Gasteiger partial charge in [-0.25, -0.2) is 0 Å². The maximum absolute atomic E-state index is 12.8. The second-order valence-electron chi connectivity index (χ2n) is 4.99. The first-order valence-electron chi connectivity index (χ1n) is 6.67. The topological polar surface area (TPSA) is 24.5 Å². The minimum absolute atomic E-state index is 0.0779. The van der Waals surface area contributed by atoms with Crippen LogP contribution in [0.1, 0.15) is 12.8 Å². The summed E-state index contributed by atoms with van der Waals surface area (Å²) in [5.41, 5.74) is 0.731. The normalized spacial score (nSPS) is 19.2. The summed E-state index contributed by atoms with van der Waals surface area (Å²) in [7, 11) is 1.57. The van der Waals surface area contributed by atoms with Crippen LogP contribution in [-0.4, -0.2) is 36.4 Å². The molecule has 0 spiro atoms. The molecule has 0 aliphatic carbocycles. The Kier molecular flexibility index (Phi) is 4.92. The number of benzene rings is 1. The molecule has 1 fully saturated rings. The Bertz CT molecular complexity index is 490. The second kappa shape index (κ2) is 6.51. The van der Waals surface area contributed by atoms with E-state index in [1.165, 1.54) is 0 Å². The summed E-state index contributed by atoms with van der Waals surface area (Å²) < 4.78 is 43.4. The molecule has 0 saturated carbocycles. The fourth-order valence-corrected chi connectivity index (χ4v) is 2.59. The molecule has 2 rings (SSSR count). The van der Waals surface area contributed by atoms with Gasteiger partial charge in [0, 0.05) is 18.8 Å². The van der Waals surface area contributed by atoms with Crippen LogP contribution in [0.3, 0.4) is 0 Å². The zero-order valence-corrected chi connectivity index (χ0v) is 12.4. The summed E-state index contributed by atoms with van der Waals surface area (Å²) in [5.74, 6) is -0.594. The van der Waals surface area contributed by atoms with E-state index in [9.17, 15) is 13.2 Å². The molecule has 3 nitrogen and oxygen atoms in total. The smallest absolute Gasteiger partial charge is 0.393 e. The number of nitrogens with zero attached hydrogens (tertiary/aromatic N) is 1. The summed E-state index contributed by atoms with van der Waals surface area (Å²) in [6.07, 6.45) is -3.49. The molecule has 21 heavy (non-hydrogen) atoms. The fraction of sp³-hybridized carbons (Fsp3) is 0.500. The number of thiocarbonyl (C=S) groups is 1. The van der Waals surface area contributed by atoms with Crippen LogP contribution in [0.15, 0.2) is 24.3 Å². The monoisotopic (exact) mass is 318 g/mol. The van der Waals surface area contributed by atoms with Crippen molar-refractivity contribution in [2.24, 2.45) is 5.92 Å². The van der Waals surface area contributed by atoms with Gasteiger partial charge in [-0.15, -0.1) is 0 Å². The minimum atomic E-state index is -4.16. The standard InChI is InChI=1S/C14H17F3N2OS/c1-20-12-6-4-11(5-7-12)18-13(21)19-8-2-3-10(9-19)14(15,16)17/h4-7,10H,2-3,8-9H2,1H3,(H,18,21). The van der Waals surface area contributed by atoms with Crippen molar-refractivity contribution in [1.29, 1.82) is 0 Å². The summed E-state index contributed by atoms with van der Waals surface area (Å²) in [5, 5.41) is 3.30.